The van der Waals surface area contributed by atoms with E-state index in [1.54, 1.807) is 0 Å². The van der Waals surface area contributed by atoms with Crippen molar-refractivity contribution in [2.45, 2.75) is 23.6 Å². The summed E-state index contributed by atoms with van der Waals surface area (Å²) in [7, 11) is 0. The Hall–Kier alpha value is -0.380. The molecule has 0 aromatic heterocycles. The van der Waals surface area contributed by atoms with Crippen LogP contribution in [-0.2, 0) is 4.74 Å². The second-order valence-electron chi connectivity index (χ2n) is 3.18. The van der Waals surface area contributed by atoms with Gasteiger partial charge < -0.3 is 9.84 Å². The summed E-state index contributed by atoms with van der Waals surface area (Å²) >= 11 is 3.37. The van der Waals surface area contributed by atoms with Gasteiger partial charge in [-0.15, -0.1) is 0 Å². The Bertz CT molecular complexity index is 266. The molecule has 0 radical (unpaired) electrons. The molecule has 0 saturated carbocycles. The average molecular weight is 243 g/mol. The second-order valence-corrected chi connectivity index (χ2v) is 4.35. The van der Waals surface area contributed by atoms with Gasteiger partial charge in [-0.25, -0.2) is 0 Å². The van der Waals surface area contributed by atoms with Crippen LogP contribution in [0.3, 0.4) is 0 Å². The Kier molecular flexibility index (Phi) is 2.67. The van der Waals surface area contributed by atoms with E-state index in [2.05, 4.69) is 15.9 Å². The third kappa shape index (κ3) is 1.93. The Morgan fingerprint density at radius 1 is 1.31 bits per heavy atom. The minimum Gasteiger partial charge on any atom is -0.367 e. The van der Waals surface area contributed by atoms with Crippen molar-refractivity contribution in [1.82, 2.24) is 0 Å². The fourth-order valence-electron chi connectivity index (χ4n) is 1.51. The number of benzene rings is 1. The molecule has 2 rings (SSSR count). The molecule has 0 unspecified atom stereocenters. The van der Waals surface area contributed by atoms with Gasteiger partial charge in [-0.3, -0.25) is 0 Å². The molecule has 0 spiro atoms. The minimum atomic E-state index is -0.676. The predicted molar refractivity (Wildman–Crippen MR) is 53.6 cm³/mol. The lowest BCUT2D eigenvalue weighted by Gasteiger charge is -2.09. The number of halogens is 1. The lowest BCUT2D eigenvalue weighted by atomic mass is 10.1. The molecule has 3 atom stereocenters. The van der Waals surface area contributed by atoms with Crippen LogP contribution < -0.4 is 0 Å². The number of hydrogen-bond acceptors (Lipinski definition) is 2. The van der Waals surface area contributed by atoms with E-state index >= 15 is 0 Å². The van der Waals surface area contributed by atoms with E-state index in [0.717, 1.165) is 12.0 Å². The standard InChI is InChI=1S/C10H11BrO2/c11-8-6-9(13-10(8)12)7-4-2-1-3-5-7/h1-5,8-10,12H,6H2/t8-,9+,10-/m0/s1. The molecule has 1 aliphatic heterocycles. The summed E-state index contributed by atoms with van der Waals surface area (Å²) in [4.78, 5) is 0.0534. The summed E-state index contributed by atoms with van der Waals surface area (Å²) < 4.78 is 5.37. The van der Waals surface area contributed by atoms with Crippen LogP contribution in [-0.4, -0.2) is 16.2 Å². The van der Waals surface area contributed by atoms with Crippen LogP contribution in [0.15, 0.2) is 30.3 Å². The normalized spacial score (nSPS) is 33.5. The van der Waals surface area contributed by atoms with Crippen LogP contribution in [0.1, 0.15) is 18.1 Å². The van der Waals surface area contributed by atoms with E-state index in [-0.39, 0.29) is 10.9 Å². The summed E-state index contributed by atoms with van der Waals surface area (Å²) in [5.41, 5.74) is 1.13. The van der Waals surface area contributed by atoms with E-state index in [9.17, 15) is 5.11 Å². The third-order valence-electron chi connectivity index (χ3n) is 2.22. The first-order valence-electron chi connectivity index (χ1n) is 4.30. The first-order valence-corrected chi connectivity index (χ1v) is 5.21. The molecule has 1 heterocycles. The van der Waals surface area contributed by atoms with Gasteiger partial charge in [-0.2, -0.15) is 0 Å². The molecule has 1 N–H and O–H groups in total. The van der Waals surface area contributed by atoms with Crippen molar-refractivity contribution < 1.29 is 9.84 Å². The molecule has 1 aromatic carbocycles. The third-order valence-corrected chi connectivity index (χ3v) is 3.05. The molecule has 0 aliphatic carbocycles. The molecule has 0 amide bonds. The SMILES string of the molecule is O[C@H]1O[C@@H](c2ccccc2)C[C@@H]1Br. The van der Waals surface area contributed by atoms with Gasteiger partial charge in [0.25, 0.3) is 0 Å². The number of rotatable bonds is 1. The van der Waals surface area contributed by atoms with Gasteiger partial charge >= 0.3 is 0 Å². The van der Waals surface area contributed by atoms with Gasteiger partial charge in [-0.1, -0.05) is 46.3 Å². The Balaban J connectivity index is 2.12. The molecule has 2 nitrogen and oxygen atoms in total. The molecule has 13 heavy (non-hydrogen) atoms. The highest BCUT2D eigenvalue weighted by atomic mass is 79.9. The molecular formula is C10H11BrO2. The van der Waals surface area contributed by atoms with Gasteiger partial charge in [0.05, 0.1) is 10.9 Å². The van der Waals surface area contributed by atoms with E-state index in [0.29, 0.717) is 0 Å². The highest BCUT2D eigenvalue weighted by Crippen LogP contribution is 2.35. The summed E-state index contributed by atoms with van der Waals surface area (Å²) in [6.07, 6.45) is 0.177. The largest absolute Gasteiger partial charge is 0.367 e. The van der Waals surface area contributed by atoms with Crippen molar-refractivity contribution in [2.24, 2.45) is 0 Å². The van der Waals surface area contributed by atoms with Gasteiger partial charge in [0.2, 0.25) is 0 Å². The molecule has 70 valence electrons. The number of hydrogen-bond donors (Lipinski definition) is 1. The maximum absolute atomic E-state index is 9.36. The van der Waals surface area contributed by atoms with E-state index in [1.807, 2.05) is 30.3 Å². The van der Waals surface area contributed by atoms with Crippen molar-refractivity contribution in [2.75, 3.05) is 0 Å². The first kappa shape index (κ1) is 9.19. The van der Waals surface area contributed by atoms with Crippen LogP contribution in [0, 0.1) is 0 Å². The number of aliphatic hydroxyl groups is 1. The van der Waals surface area contributed by atoms with Crippen molar-refractivity contribution in [3.05, 3.63) is 35.9 Å². The van der Waals surface area contributed by atoms with Gasteiger partial charge in [0.15, 0.2) is 6.29 Å². The van der Waals surface area contributed by atoms with Gasteiger partial charge in [0, 0.05) is 0 Å². The Morgan fingerprint density at radius 2 is 2.00 bits per heavy atom. The maximum Gasteiger partial charge on any atom is 0.168 e. The molecule has 1 aliphatic rings. The lowest BCUT2D eigenvalue weighted by molar-refractivity contribution is -0.0886. The molecule has 1 saturated heterocycles. The molecule has 3 heteroatoms. The molecule has 0 bridgehead atoms. The topological polar surface area (TPSA) is 29.5 Å². The Labute approximate surface area is 85.7 Å². The quantitative estimate of drug-likeness (QED) is 0.766. The monoisotopic (exact) mass is 242 g/mol. The fourth-order valence-corrected chi connectivity index (χ4v) is 1.98. The molecular weight excluding hydrogens is 232 g/mol. The number of aliphatic hydroxyl groups excluding tert-OH is 1. The number of ether oxygens (including phenoxy) is 1. The average Bonchev–Trinajstić information content (AvgIpc) is 2.49. The van der Waals surface area contributed by atoms with Crippen molar-refractivity contribution in [1.29, 1.82) is 0 Å². The summed E-state index contributed by atoms with van der Waals surface area (Å²) in [5.74, 6) is 0. The first-order chi connectivity index (χ1) is 6.27. The summed E-state index contributed by atoms with van der Waals surface area (Å²) in [6, 6.07) is 9.96. The Morgan fingerprint density at radius 3 is 2.54 bits per heavy atom. The van der Waals surface area contributed by atoms with Crippen LogP contribution in [0.5, 0.6) is 0 Å². The predicted octanol–water partition coefficient (Wildman–Crippen LogP) is 2.23. The molecule has 1 aromatic rings. The zero-order chi connectivity index (χ0) is 9.26. The molecule has 1 fully saturated rings. The summed E-state index contributed by atoms with van der Waals surface area (Å²) in [6.45, 7) is 0. The van der Waals surface area contributed by atoms with Gasteiger partial charge in [0.1, 0.15) is 0 Å². The summed E-state index contributed by atoms with van der Waals surface area (Å²) in [5, 5.41) is 9.36. The highest BCUT2D eigenvalue weighted by Gasteiger charge is 2.32. The van der Waals surface area contributed by atoms with Crippen molar-refractivity contribution in [3.63, 3.8) is 0 Å². The number of alkyl halides is 1. The minimum absolute atomic E-state index is 0.0283. The van der Waals surface area contributed by atoms with E-state index in [1.165, 1.54) is 0 Å². The van der Waals surface area contributed by atoms with Crippen molar-refractivity contribution in [3.8, 4) is 0 Å². The van der Waals surface area contributed by atoms with Crippen LogP contribution in [0.4, 0.5) is 0 Å². The van der Waals surface area contributed by atoms with E-state index < -0.39 is 6.29 Å². The van der Waals surface area contributed by atoms with Crippen LogP contribution in [0.25, 0.3) is 0 Å². The zero-order valence-corrected chi connectivity index (χ0v) is 8.65. The van der Waals surface area contributed by atoms with Gasteiger partial charge in [-0.05, 0) is 12.0 Å². The highest BCUT2D eigenvalue weighted by molar-refractivity contribution is 9.09. The fraction of sp³-hybridized carbons (Fsp3) is 0.400. The zero-order valence-electron chi connectivity index (χ0n) is 7.06. The second kappa shape index (κ2) is 3.78. The van der Waals surface area contributed by atoms with E-state index in [4.69, 9.17) is 4.74 Å². The van der Waals surface area contributed by atoms with Crippen LogP contribution >= 0.6 is 15.9 Å². The lowest BCUT2D eigenvalue weighted by Crippen LogP contribution is -2.13. The maximum atomic E-state index is 9.36. The van der Waals surface area contributed by atoms with Crippen molar-refractivity contribution >= 4 is 15.9 Å². The van der Waals surface area contributed by atoms with Crippen LogP contribution in [0.2, 0.25) is 0 Å². The smallest absolute Gasteiger partial charge is 0.168 e.